The summed E-state index contributed by atoms with van der Waals surface area (Å²) >= 11 is 0. The van der Waals surface area contributed by atoms with E-state index in [2.05, 4.69) is 17.3 Å². The Bertz CT molecular complexity index is 130. The second kappa shape index (κ2) is 3.11. The fourth-order valence-electron chi connectivity index (χ4n) is 2.41. The van der Waals surface area contributed by atoms with Gasteiger partial charge in [-0.05, 0) is 45.3 Å². The Morgan fingerprint density at radius 1 is 1.36 bits per heavy atom. The molecule has 2 atom stereocenters. The lowest BCUT2D eigenvalue weighted by atomic mass is 9.98. The smallest absolute Gasteiger partial charge is 0.0108 e. The van der Waals surface area contributed by atoms with Gasteiger partial charge in [0.15, 0.2) is 0 Å². The second-order valence-corrected chi connectivity index (χ2v) is 4.01. The Balaban J connectivity index is 1.85. The third kappa shape index (κ3) is 1.57. The highest BCUT2D eigenvalue weighted by Gasteiger charge is 2.29. The van der Waals surface area contributed by atoms with Crippen LogP contribution >= 0.6 is 0 Å². The van der Waals surface area contributed by atoms with Crippen molar-refractivity contribution in [3.63, 3.8) is 0 Å². The van der Waals surface area contributed by atoms with Gasteiger partial charge >= 0.3 is 0 Å². The molecule has 0 amide bonds. The van der Waals surface area contributed by atoms with Crippen LogP contribution in [0.5, 0.6) is 0 Å². The zero-order valence-electron chi connectivity index (χ0n) is 7.34. The molecule has 2 fully saturated rings. The SMILES string of the molecule is CN1CCC(C2CCCN2)C1. The largest absolute Gasteiger partial charge is 0.314 e. The van der Waals surface area contributed by atoms with Crippen molar-refractivity contribution in [1.82, 2.24) is 10.2 Å². The number of rotatable bonds is 1. The van der Waals surface area contributed by atoms with Crippen LogP contribution in [-0.4, -0.2) is 37.6 Å². The lowest BCUT2D eigenvalue weighted by Gasteiger charge is -2.17. The van der Waals surface area contributed by atoms with Gasteiger partial charge in [-0.2, -0.15) is 0 Å². The molecule has 2 saturated heterocycles. The number of nitrogens with one attached hydrogen (secondary N) is 1. The van der Waals surface area contributed by atoms with Gasteiger partial charge in [0.1, 0.15) is 0 Å². The van der Waals surface area contributed by atoms with E-state index in [1.54, 1.807) is 0 Å². The third-order valence-corrected chi connectivity index (χ3v) is 3.10. The van der Waals surface area contributed by atoms with Gasteiger partial charge in [-0.25, -0.2) is 0 Å². The Kier molecular flexibility index (Phi) is 2.14. The molecule has 11 heavy (non-hydrogen) atoms. The van der Waals surface area contributed by atoms with E-state index in [9.17, 15) is 0 Å². The van der Waals surface area contributed by atoms with Crippen LogP contribution in [0.1, 0.15) is 19.3 Å². The molecule has 2 unspecified atom stereocenters. The predicted molar refractivity (Wildman–Crippen MR) is 46.6 cm³/mol. The van der Waals surface area contributed by atoms with Crippen LogP contribution in [0.3, 0.4) is 0 Å². The summed E-state index contributed by atoms with van der Waals surface area (Å²) in [5.41, 5.74) is 0. The molecule has 2 aliphatic rings. The normalized spacial score (nSPS) is 40.1. The number of hydrogen-bond acceptors (Lipinski definition) is 2. The molecule has 0 aliphatic carbocycles. The first kappa shape index (κ1) is 7.56. The van der Waals surface area contributed by atoms with E-state index in [1.807, 2.05) is 0 Å². The second-order valence-electron chi connectivity index (χ2n) is 4.01. The molecule has 2 nitrogen and oxygen atoms in total. The molecule has 0 bridgehead atoms. The van der Waals surface area contributed by atoms with Crippen LogP contribution < -0.4 is 5.32 Å². The highest BCUT2D eigenvalue weighted by atomic mass is 15.1. The molecule has 2 aliphatic heterocycles. The zero-order chi connectivity index (χ0) is 7.68. The van der Waals surface area contributed by atoms with Crippen molar-refractivity contribution in [1.29, 1.82) is 0 Å². The van der Waals surface area contributed by atoms with Crippen LogP contribution in [0, 0.1) is 5.92 Å². The fourth-order valence-corrected chi connectivity index (χ4v) is 2.41. The van der Waals surface area contributed by atoms with Gasteiger partial charge in [-0.3, -0.25) is 0 Å². The van der Waals surface area contributed by atoms with E-state index in [-0.39, 0.29) is 0 Å². The molecule has 0 saturated carbocycles. The molecule has 2 rings (SSSR count). The minimum Gasteiger partial charge on any atom is -0.314 e. The molecule has 0 aromatic carbocycles. The van der Waals surface area contributed by atoms with Crippen LogP contribution in [0.25, 0.3) is 0 Å². The van der Waals surface area contributed by atoms with Crippen molar-refractivity contribution < 1.29 is 0 Å². The molecule has 0 aromatic rings. The van der Waals surface area contributed by atoms with E-state index < -0.39 is 0 Å². The number of hydrogen-bond donors (Lipinski definition) is 1. The molecule has 0 aromatic heterocycles. The molecule has 0 radical (unpaired) electrons. The minimum atomic E-state index is 0.847. The van der Waals surface area contributed by atoms with Crippen LogP contribution in [0.15, 0.2) is 0 Å². The van der Waals surface area contributed by atoms with E-state index in [0.29, 0.717) is 0 Å². The van der Waals surface area contributed by atoms with Crippen LogP contribution in [0.2, 0.25) is 0 Å². The Hall–Kier alpha value is -0.0800. The van der Waals surface area contributed by atoms with Gasteiger partial charge in [0.05, 0.1) is 0 Å². The maximum atomic E-state index is 3.59. The standard InChI is InChI=1S/C9H18N2/c1-11-6-4-8(7-11)9-3-2-5-10-9/h8-10H,2-7H2,1H3. The zero-order valence-corrected chi connectivity index (χ0v) is 7.34. The van der Waals surface area contributed by atoms with Crippen LogP contribution in [0.4, 0.5) is 0 Å². The highest BCUT2D eigenvalue weighted by molar-refractivity contribution is 4.86. The van der Waals surface area contributed by atoms with Crippen molar-refractivity contribution in [2.24, 2.45) is 5.92 Å². The maximum Gasteiger partial charge on any atom is 0.0108 e. The molecule has 1 N–H and O–H groups in total. The van der Waals surface area contributed by atoms with E-state index in [4.69, 9.17) is 0 Å². The first-order valence-electron chi connectivity index (χ1n) is 4.78. The van der Waals surface area contributed by atoms with Crippen molar-refractivity contribution in [2.75, 3.05) is 26.7 Å². The molecule has 2 heterocycles. The van der Waals surface area contributed by atoms with Crippen LogP contribution in [-0.2, 0) is 0 Å². The lowest BCUT2D eigenvalue weighted by molar-refractivity contribution is 0.355. The average Bonchev–Trinajstić information content (AvgIpc) is 2.55. The Morgan fingerprint density at radius 3 is 2.82 bits per heavy atom. The molecule has 2 heteroatoms. The summed E-state index contributed by atoms with van der Waals surface area (Å²) in [5, 5.41) is 3.59. The summed E-state index contributed by atoms with van der Waals surface area (Å²) in [6.45, 7) is 3.88. The Labute approximate surface area is 69.0 Å². The van der Waals surface area contributed by atoms with Gasteiger partial charge in [0, 0.05) is 12.6 Å². The topological polar surface area (TPSA) is 15.3 Å². The summed E-state index contributed by atoms with van der Waals surface area (Å²) in [6.07, 6.45) is 4.22. The van der Waals surface area contributed by atoms with Crippen molar-refractivity contribution in [3.8, 4) is 0 Å². The van der Waals surface area contributed by atoms with Crippen molar-refractivity contribution in [3.05, 3.63) is 0 Å². The molecule has 64 valence electrons. The van der Waals surface area contributed by atoms with E-state index in [0.717, 1.165) is 12.0 Å². The monoisotopic (exact) mass is 154 g/mol. The molecule has 0 spiro atoms. The van der Waals surface area contributed by atoms with Crippen molar-refractivity contribution in [2.45, 2.75) is 25.3 Å². The number of likely N-dealkylation sites (tertiary alicyclic amines) is 1. The summed E-state index contributed by atoms with van der Waals surface area (Å²) in [5.74, 6) is 0.947. The van der Waals surface area contributed by atoms with Gasteiger partial charge in [0.2, 0.25) is 0 Å². The van der Waals surface area contributed by atoms with Gasteiger partial charge < -0.3 is 10.2 Å². The number of nitrogens with zero attached hydrogens (tertiary/aromatic N) is 1. The summed E-state index contributed by atoms with van der Waals surface area (Å²) in [6, 6.07) is 0.847. The van der Waals surface area contributed by atoms with E-state index >= 15 is 0 Å². The average molecular weight is 154 g/mol. The van der Waals surface area contributed by atoms with E-state index in [1.165, 1.54) is 38.9 Å². The first-order chi connectivity index (χ1) is 5.36. The predicted octanol–water partition coefficient (Wildman–Crippen LogP) is 0.690. The lowest BCUT2D eigenvalue weighted by Crippen LogP contribution is -2.31. The minimum absolute atomic E-state index is 0.847. The summed E-state index contributed by atoms with van der Waals surface area (Å²) in [4.78, 5) is 2.45. The molecular formula is C9H18N2. The summed E-state index contributed by atoms with van der Waals surface area (Å²) in [7, 11) is 2.23. The van der Waals surface area contributed by atoms with Crippen molar-refractivity contribution >= 4 is 0 Å². The quantitative estimate of drug-likeness (QED) is 0.598. The Morgan fingerprint density at radius 2 is 2.27 bits per heavy atom. The third-order valence-electron chi connectivity index (χ3n) is 3.10. The summed E-state index contributed by atoms with van der Waals surface area (Å²) < 4.78 is 0. The fraction of sp³-hybridized carbons (Fsp3) is 1.00. The molecular weight excluding hydrogens is 136 g/mol. The first-order valence-corrected chi connectivity index (χ1v) is 4.78. The maximum absolute atomic E-state index is 3.59. The highest BCUT2D eigenvalue weighted by Crippen LogP contribution is 2.23. The van der Waals surface area contributed by atoms with Gasteiger partial charge in [0.25, 0.3) is 0 Å². The van der Waals surface area contributed by atoms with Gasteiger partial charge in [-0.1, -0.05) is 0 Å². The van der Waals surface area contributed by atoms with Gasteiger partial charge in [-0.15, -0.1) is 0 Å².